The second-order valence-corrected chi connectivity index (χ2v) is 8.55. The molecule has 3 atom stereocenters. The smallest absolute Gasteiger partial charge is 0.262 e. The van der Waals surface area contributed by atoms with E-state index in [9.17, 15) is 10.1 Å². The monoisotopic (exact) mass is 486 g/mol. The number of hydrazine groups is 1. The first-order valence-electron chi connectivity index (χ1n) is 11.3. The lowest BCUT2D eigenvalue weighted by molar-refractivity contribution is 0.0962. The second kappa shape index (κ2) is 9.08. The van der Waals surface area contributed by atoms with Crippen LogP contribution in [0.5, 0.6) is 0 Å². The summed E-state index contributed by atoms with van der Waals surface area (Å²) in [5.41, 5.74) is 3.82. The lowest BCUT2D eigenvalue weighted by atomic mass is 9.99. The lowest BCUT2D eigenvalue weighted by Gasteiger charge is -2.44. The summed E-state index contributed by atoms with van der Waals surface area (Å²) < 4.78 is 0. The van der Waals surface area contributed by atoms with Gasteiger partial charge in [0.2, 0.25) is 6.29 Å². The first kappa shape index (κ1) is 22.9. The fourth-order valence-electron chi connectivity index (χ4n) is 4.59. The van der Waals surface area contributed by atoms with Gasteiger partial charge in [-0.15, -0.1) is 5.11 Å². The van der Waals surface area contributed by atoms with Gasteiger partial charge in [-0.25, -0.2) is 10.8 Å². The van der Waals surface area contributed by atoms with Crippen molar-refractivity contribution in [3.63, 3.8) is 0 Å². The number of nitrogens with one attached hydrogen (secondary N) is 4. The molecule has 2 aromatic rings. The largest absolute Gasteiger partial charge is 0.362 e. The van der Waals surface area contributed by atoms with Gasteiger partial charge in [-0.2, -0.15) is 5.26 Å². The van der Waals surface area contributed by atoms with Crippen molar-refractivity contribution in [2.75, 3.05) is 16.9 Å². The molecule has 36 heavy (non-hydrogen) atoms. The van der Waals surface area contributed by atoms with Crippen LogP contribution in [0.1, 0.15) is 28.4 Å². The molecular formula is C23H26N12O. The highest BCUT2D eigenvalue weighted by Crippen LogP contribution is 2.34. The molecule has 3 unspecified atom stereocenters. The average Bonchev–Trinajstić information content (AvgIpc) is 3.36. The highest BCUT2D eigenvalue weighted by Gasteiger charge is 2.41. The molecule has 2 aromatic carbocycles. The number of carbonyl (C=O) groups is 1. The molecule has 0 saturated heterocycles. The number of nitrogens with two attached hydrogens (primary N) is 2. The predicted molar refractivity (Wildman–Crippen MR) is 134 cm³/mol. The maximum Gasteiger partial charge on any atom is 0.262 e. The zero-order valence-corrected chi connectivity index (χ0v) is 19.7. The number of rotatable bonds is 4. The highest BCUT2D eigenvalue weighted by atomic mass is 16.2. The summed E-state index contributed by atoms with van der Waals surface area (Å²) in [6.45, 7) is 4.26. The minimum atomic E-state index is -0.762. The number of carbonyl (C=O) groups excluding carboxylic acids is 1. The molecule has 5 rings (SSSR count). The molecule has 13 nitrogen and oxygen atoms in total. The van der Waals surface area contributed by atoms with Gasteiger partial charge in [0.1, 0.15) is 17.7 Å². The molecule has 3 heterocycles. The number of nitriles is 1. The fraction of sp³-hybridized carbons (Fsp3) is 0.261. The van der Waals surface area contributed by atoms with Crippen molar-refractivity contribution in [3.8, 4) is 6.07 Å². The molecule has 0 bridgehead atoms. The van der Waals surface area contributed by atoms with Crippen molar-refractivity contribution in [1.82, 2.24) is 21.0 Å². The Kier molecular flexibility index (Phi) is 5.79. The average molecular weight is 487 g/mol. The molecule has 184 valence electrons. The van der Waals surface area contributed by atoms with Crippen LogP contribution in [-0.4, -0.2) is 41.9 Å². The van der Waals surface area contributed by atoms with Crippen LogP contribution in [0.3, 0.4) is 0 Å². The van der Waals surface area contributed by atoms with Gasteiger partial charge < -0.3 is 27.1 Å². The Hall–Kier alpha value is -4.83. The number of hydrogen-bond donors (Lipinski definition) is 6. The second-order valence-electron chi connectivity index (χ2n) is 8.55. The normalized spacial score (nSPS) is 21.3. The van der Waals surface area contributed by atoms with Gasteiger partial charge >= 0.3 is 0 Å². The van der Waals surface area contributed by atoms with Crippen LogP contribution in [0.15, 0.2) is 69.3 Å². The van der Waals surface area contributed by atoms with E-state index in [1.165, 1.54) is 5.01 Å². The van der Waals surface area contributed by atoms with E-state index in [0.29, 0.717) is 46.5 Å². The number of aliphatic imine (C=N–C) groups is 1. The van der Waals surface area contributed by atoms with Gasteiger partial charge in [-0.3, -0.25) is 14.7 Å². The number of hydrogen-bond acceptors (Lipinski definition) is 11. The Balaban J connectivity index is 1.57. The zero-order valence-electron chi connectivity index (χ0n) is 19.7. The molecule has 0 aliphatic carbocycles. The summed E-state index contributed by atoms with van der Waals surface area (Å²) in [7, 11) is 0. The van der Waals surface area contributed by atoms with E-state index in [0.717, 1.165) is 5.56 Å². The molecule has 1 amide bonds. The molecule has 13 heteroatoms. The van der Waals surface area contributed by atoms with Gasteiger partial charge in [-0.1, -0.05) is 23.4 Å². The predicted octanol–water partition coefficient (Wildman–Crippen LogP) is 0.760. The van der Waals surface area contributed by atoms with Crippen molar-refractivity contribution in [1.29, 1.82) is 5.26 Å². The molecule has 0 fully saturated rings. The Morgan fingerprint density at radius 2 is 2.06 bits per heavy atom. The molecule has 8 N–H and O–H groups in total. The molecule has 0 radical (unpaired) electrons. The number of fused-ring (bicyclic) bond motifs is 1. The topological polar surface area (TPSA) is 185 Å². The summed E-state index contributed by atoms with van der Waals surface area (Å²) >= 11 is 0. The van der Waals surface area contributed by atoms with Crippen LogP contribution in [0.2, 0.25) is 0 Å². The van der Waals surface area contributed by atoms with E-state index in [4.69, 9.17) is 11.7 Å². The van der Waals surface area contributed by atoms with Crippen molar-refractivity contribution in [2.24, 2.45) is 27.0 Å². The van der Waals surface area contributed by atoms with Gasteiger partial charge in [0.25, 0.3) is 5.91 Å². The molecule has 0 saturated carbocycles. The first-order valence-corrected chi connectivity index (χ1v) is 11.3. The zero-order chi connectivity index (χ0) is 25.4. The quantitative estimate of drug-likeness (QED) is 0.206. The SMILES string of the molecule is Cc1cccc2c1C(=O)N(c1cccc(C#N)c1)C(C(C)N(N)C1=NC(N=NN)NC3=C1NCN3)N2. The van der Waals surface area contributed by atoms with E-state index in [-0.39, 0.29) is 5.91 Å². The minimum Gasteiger partial charge on any atom is -0.362 e. The fourth-order valence-corrected chi connectivity index (χ4v) is 4.59. The third-order valence-corrected chi connectivity index (χ3v) is 6.38. The van der Waals surface area contributed by atoms with Crippen molar-refractivity contribution in [2.45, 2.75) is 32.3 Å². The molecule has 3 aliphatic rings. The van der Waals surface area contributed by atoms with Crippen molar-refractivity contribution < 1.29 is 4.79 Å². The van der Waals surface area contributed by atoms with E-state index in [2.05, 4.69) is 42.7 Å². The van der Waals surface area contributed by atoms with E-state index in [1.807, 2.05) is 32.0 Å². The van der Waals surface area contributed by atoms with Gasteiger partial charge in [-0.05, 0) is 43.7 Å². The molecular weight excluding hydrogens is 460 g/mol. The van der Waals surface area contributed by atoms with Crippen molar-refractivity contribution in [3.05, 3.63) is 70.7 Å². The minimum absolute atomic E-state index is 0.190. The van der Waals surface area contributed by atoms with Gasteiger partial charge in [0.15, 0.2) is 5.84 Å². The number of anilines is 2. The van der Waals surface area contributed by atoms with E-state index < -0.39 is 18.5 Å². The van der Waals surface area contributed by atoms with Crippen LogP contribution < -0.4 is 37.9 Å². The van der Waals surface area contributed by atoms with Crippen LogP contribution in [-0.2, 0) is 0 Å². The summed E-state index contributed by atoms with van der Waals surface area (Å²) in [6, 6.07) is 14.2. The van der Waals surface area contributed by atoms with Crippen LogP contribution >= 0.6 is 0 Å². The van der Waals surface area contributed by atoms with Gasteiger partial charge in [0, 0.05) is 11.4 Å². The lowest BCUT2D eigenvalue weighted by Crippen LogP contribution is -2.62. The summed E-state index contributed by atoms with van der Waals surface area (Å²) in [5.74, 6) is 12.8. The number of benzene rings is 2. The number of nitrogens with zero attached hydrogens (tertiary/aromatic N) is 6. The first-order chi connectivity index (χ1) is 17.4. The standard InChI is InChI=1S/C23H26N12O/c1-12-5-3-8-16-17(12)22(36)34(15-7-4-6-14(9-15)10-24)20(29-16)13(2)35(26)21-18-19(28-11-27-18)30-23(31-21)32-33-25/h3-9,13,20,23,27-30H,11,26H2,1-2H3,(H2,25,32). The number of aryl methyl sites for hydroxylation is 1. The maximum atomic E-state index is 13.9. The summed E-state index contributed by atoms with van der Waals surface area (Å²) in [4.78, 5) is 20.1. The summed E-state index contributed by atoms with van der Waals surface area (Å²) in [6.07, 6.45) is -1.36. The van der Waals surface area contributed by atoms with Gasteiger partial charge in [0.05, 0.1) is 29.9 Å². The maximum absolute atomic E-state index is 13.9. The van der Waals surface area contributed by atoms with E-state index >= 15 is 0 Å². The third kappa shape index (κ3) is 3.79. The Morgan fingerprint density at radius 1 is 1.25 bits per heavy atom. The van der Waals surface area contributed by atoms with Crippen LogP contribution in [0.4, 0.5) is 11.4 Å². The Morgan fingerprint density at radius 3 is 2.83 bits per heavy atom. The number of amidine groups is 1. The van der Waals surface area contributed by atoms with Crippen LogP contribution in [0, 0.1) is 18.3 Å². The summed E-state index contributed by atoms with van der Waals surface area (Å²) in [5, 5.41) is 31.1. The van der Waals surface area contributed by atoms with Crippen molar-refractivity contribution >= 4 is 23.1 Å². The Bertz CT molecular complexity index is 1340. The molecule has 0 aromatic heterocycles. The number of amides is 1. The highest BCUT2D eigenvalue weighted by molar-refractivity contribution is 6.13. The molecule has 0 spiro atoms. The Labute approximate surface area is 207 Å². The van der Waals surface area contributed by atoms with E-state index in [1.54, 1.807) is 29.2 Å². The molecule has 3 aliphatic heterocycles. The third-order valence-electron chi connectivity index (χ3n) is 6.38. The van der Waals surface area contributed by atoms with Crippen LogP contribution in [0.25, 0.3) is 0 Å².